The van der Waals surface area contributed by atoms with Crippen molar-refractivity contribution in [2.75, 3.05) is 37.0 Å². The van der Waals surface area contributed by atoms with Gasteiger partial charge in [0.15, 0.2) is 0 Å². The maximum Gasteiger partial charge on any atom is 0.0992 e. The highest BCUT2D eigenvalue weighted by molar-refractivity contribution is 5.75. The Hall–Kier alpha value is -1.73. The third kappa shape index (κ3) is 2.06. The Morgan fingerprint density at radius 3 is 2.82 bits per heavy atom. The van der Waals surface area contributed by atoms with E-state index in [1.165, 1.54) is 5.69 Å². The van der Waals surface area contributed by atoms with E-state index in [0.717, 1.165) is 18.7 Å². The van der Waals surface area contributed by atoms with Crippen LogP contribution in [0.2, 0.25) is 0 Å². The lowest BCUT2D eigenvalue weighted by Crippen LogP contribution is -2.46. The molecule has 0 fully saturated rings. The molecule has 1 unspecified atom stereocenters. The Balaban J connectivity index is 2.38. The standard InChI is InChI=1S/C13H18N4/c1-16-9-11(5-6-14)17(2)12-4-3-10(8-15)7-13(12)16/h3-4,7,11H,5-6,9,14H2,1-2H3. The molecule has 1 heterocycles. The molecule has 0 saturated heterocycles. The van der Waals surface area contributed by atoms with Gasteiger partial charge in [0.05, 0.1) is 23.0 Å². The second-order valence-electron chi connectivity index (χ2n) is 4.54. The van der Waals surface area contributed by atoms with Crippen molar-refractivity contribution in [3.63, 3.8) is 0 Å². The number of rotatable bonds is 2. The molecule has 4 heteroatoms. The number of hydrogen-bond donors (Lipinski definition) is 1. The minimum Gasteiger partial charge on any atom is -0.371 e. The Kier molecular flexibility index (Phi) is 3.21. The van der Waals surface area contributed by atoms with Crippen LogP contribution in [0, 0.1) is 11.3 Å². The lowest BCUT2D eigenvalue weighted by molar-refractivity contribution is 0.567. The van der Waals surface area contributed by atoms with Crippen LogP contribution in [0.4, 0.5) is 11.4 Å². The molecule has 0 bridgehead atoms. The molecule has 4 nitrogen and oxygen atoms in total. The Morgan fingerprint density at radius 2 is 2.18 bits per heavy atom. The van der Waals surface area contributed by atoms with Crippen LogP contribution in [-0.2, 0) is 0 Å². The number of anilines is 2. The molecule has 0 saturated carbocycles. The molecule has 0 spiro atoms. The quantitative estimate of drug-likeness (QED) is 0.828. The first-order chi connectivity index (χ1) is 8.17. The first-order valence-corrected chi connectivity index (χ1v) is 5.85. The van der Waals surface area contributed by atoms with Crippen molar-refractivity contribution in [1.82, 2.24) is 0 Å². The molecule has 0 aromatic heterocycles. The fraction of sp³-hybridized carbons (Fsp3) is 0.462. The number of fused-ring (bicyclic) bond motifs is 1. The molecular formula is C13H18N4. The monoisotopic (exact) mass is 230 g/mol. The molecule has 17 heavy (non-hydrogen) atoms. The Labute approximate surface area is 102 Å². The molecule has 1 aromatic carbocycles. The van der Waals surface area contributed by atoms with Crippen LogP contribution in [0.25, 0.3) is 0 Å². The minimum atomic E-state index is 0.449. The maximum atomic E-state index is 8.93. The van der Waals surface area contributed by atoms with Crippen LogP contribution in [-0.4, -0.2) is 33.2 Å². The second kappa shape index (κ2) is 4.64. The zero-order valence-corrected chi connectivity index (χ0v) is 10.3. The van der Waals surface area contributed by atoms with Gasteiger partial charge in [0.25, 0.3) is 0 Å². The minimum absolute atomic E-state index is 0.449. The van der Waals surface area contributed by atoms with Crippen LogP contribution in [0.15, 0.2) is 18.2 Å². The summed E-state index contributed by atoms with van der Waals surface area (Å²) in [6.45, 7) is 1.66. The van der Waals surface area contributed by atoms with Gasteiger partial charge >= 0.3 is 0 Å². The average molecular weight is 230 g/mol. The van der Waals surface area contributed by atoms with Crippen molar-refractivity contribution in [2.45, 2.75) is 12.5 Å². The van der Waals surface area contributed by atoms with Gasteiger partial charge in [-0.2, -0.15) is 5.26 Å². The van der Waals surface area contributed by atoms with E-state index in [9.17, 15) is 0 Å². The van der Waals surface area contributed by atoms with Crippen LogP contribution in [0.3, 0.4) is 0 Å². The van der Waals surface area contributed by atoms with Crippen LogP contribution < -0.4 is 15.5 Å². The van der Waals surface area contributed by atoms with E-state index in [2.05, 4.69) is 30.0 Å². The first kappa shape index (κ1) is 11.7. The average Bonchev–Trinajstić information content (AvgIpc) is 2.35. The van der Waals surface area contributed by atoms with Crippen molar-refractivity contribution in [3.8, 4) is 6.07 Å². The van der Waals surface area contributed by atoms with Crippen LogP contribution in [0.5, 0.6) is 0 Å². The van der Waals surface area contributed by atoms with Gasteiger partial charge in [0, 0.05) is 26.7 Å². The van der Waals surface area contributed by atoms with Crippen molar-refractivity contribution in [3.05, 3.63) is 23.8 Å². The molecule has 1 aliphatic heterocycles. The topological polar surface area (TPSA) is 56.3 Å². The van der Waals surface area contributed by atoms with Gasteiger partial charge in [-0.05, 0) is 31.2 Å². The molecule has 1 atom stereocenters. The zero-order valence-electron chi connectivity index (χ0n) is 10.3. The Bertz CT molecular complexity index is 449. The molecule has 0 radical (unpaired) electrons. The predicted octanol–water partition coefficient (Wildman–Crippen LogP) is 1.16. The third-order valence-corrected chi connectivity index (χ3v) is 3.43. The van der Waals surface area contributed by atoms with E-state index in [1.54, 1.807) is 0 Å². The zero-order chi connectivity index (χ0) is 12.4. The lowest BCUT2D eigenvalue weighted by atomic mass is 10.0. The number of nitriles is 1. The van der Waals surface area contributed by atoms with Crippen molar-refractivity contribution in [1.29, 1.82) is 5.26 Å². The highest BCUT2D eigenvalue weighted by Gasteiger charge is 2.25. The van der Waals surface area contributed by atoms with Crippen molar-refractivity contribution >= 4 is 11.4 Å². The van der Waals surface area contributed by atoms with Gasteiger partial charge in [0.1, 0.15) is 0 Å². The summed E-state index contributed by atoms with van der Waals surface area (Å²) >= 11 is 0. The smallest absolute Gasteiger partial charge is 0.0992 e. The summed E-state index contributed by atoms with van der Waals surface area (Å²) < 4.78 is 0. The normalized spacial score (nSPS) is 18.8. The summed E-state index contributed by atoms with van der Waals surface area (Å²) in [5.74, 6) is 0. The van der Waals surface area contributed by atoms with E-state index in [-0.39, 0.29) is 0 Å². The summed E-state index contributed by atoms with van der Waals surface area (Å²) in [5.41, 5.74) is 8.66. The van der Waals surface area contributed by atoms with E-state index < -0.39 is 0 Å². The highest BCUT2D eigenvalue weighted by atomic mass is 15.3. The molecule has 1 aromatic rings. The van der Waals surface area contributed by atoms with Gasteiger partial charge < -0.3 is 15.5 Å². The molecule has 90 valence electrons. The number of hydrogen-bond acceptors (Lipinski definition) is 4. The van der Waals surface area contributed by atoms with E-state index in [1.807, 2.05) is 18.2 Å². The molecule has 0 aliphatic carbocycles. The van der Waals surface area contributed by atoms with E-state index >= 15 is 0 Å². The number of nitrogens with zero attached hydrogens (tertiary/aromatic N) is 3. The summed E-state index contributed by atoms with van der Waals surface area (Å²) in [4.78, 5) is 4.47. The van der Waals surface area contributed by atoms with Crippen molar-refractivity contribution in [2.24, 2.45) is 5.73 Å². The van der Waals surface area contributed by atoms with Gasteiger partial charge in [-0.25, -0.2) is 0 Å². The lowest BCUT2D eigenvalue weighted by Gasteiger charge is -2.41. The molecule has 2 N–H and O–H groups in total. The molecule has 0 amide bonds. The van der Waals surface area contributed by atoms with E-state index in [0.29, 0.717) is 18.2 Å². The highest BCUT2D eigenvalue weighted by Crippen LogP contribution is 2.34. The fourth-order valence-electron chi connectivity index (χ4n) is 2.41. The first-order valence-electron chi connectivity index (χ1n) is 5.85. The van der Waals surface area contributed by atoms with Crippen LogP contribution >= 0.6 is 0 Å². The fourth-order valence-corrected chi connectivity index (χ4v) is 2.41. The Morgan fingerprint density at radius 1 is 1.41 bits per heavy atom. The summed E-state index contributed by atoms with van der Waals surface area (Å²) in [6, 6.07) is 8.47. The largest absolute Gasteiger partial charge is 0.371 e. The van der Waals surface area contributed by atoms with Gasteiger partial charge in [-0.1, -0.05) is 0 Å². The van der Waals surface area contributed by atoms with Crippen molar-refractivity contribution < 1.29 is 0 Å². The maximum absolute atomic E-state index is 8.93. The van der Waals surface area contributed by atoms with Gasteiger partial charge in [0.2, 0.25) is 0 Å². The predicted molar refractivity (Wildman–Crippen MR) is 70.3 cm³/mol. The second-order valence-corrected chi connectivity index (χ2v) is 4.54. The summed E-state index contributed by atoms with van der Waals surface area (Å²) in [6.07, 6.45) is 0.986. The molecule has 1 aliphatic rings. The molecular weight excluding hydrogens is 212 g/mol. The molecule has 2 rings (SSSR count). The van der Waals surface area contributed by atoms with Gasteiger partial charge in [-0.3, -0.25) is 0 Å². The van der Waals surface area contributed by atoms with Crippen LogP contribution in [0.1, 0.15) is 12.0 Å². The number of nitrogens with two attached hydrogens (primary N) is 1. The van der Waals surface area contributed by atoms with Gasteiger partial charge in [-0.15, -0.1) is 0 Å². The van der Waals surface area contributed by atoms with E-state index in [4.69, 9.17) is 11.0 Å². The summed E-state index contributed by atoms with van der Waals surface area (Å²) in [7, 11) is 4.16. The number of likely N-dealkylation sites (N-methyl/N-ethyl adjacent to an activating group) is 2. The third-order valence-electron chi connectivity index (χ3n) is 3.43. The number of benzene rings is 1. The SMILES string of the molecule is CN1CC(CCN)N(C)c2ccc(C#N)cc21. The summed E-state index contributed by atoms with van der Waals surface area (Å²) in [5, 5.41) is 8.93.